The number of fused-ring (bicyclic) bond motifs is 1. The molecule has 1 aromatic carbocycles. The van der Waals surface area contributed by atoms with Crippen molar-refractivity contribution < 1.29 is 9.84 Å². The molecule has 3 aromatic heterocycles. The molecular weight excluding hydrogens is 366 g/mol. The van der Waals surface area contributed by atoms with Gasteiger partial charge in [0.05, 0.1) is 36.8 Å². The highest BCUT2D eigenvalue weighted by Gasteiger charge is 2.18. The third-order valence-corrected chi connectivity index (χ3v) is 5.13. The Balaban J connectivity index is 1.82. The number of hydrogen-bond donors (Lipinski definition) is 1. The molecule has 0 bridgehead atoms. The minimum Gasteiger partial charge on any atom is -0.496 e. The average Bonchev–Trinajstić information content (AvgIpc) is 3.36. The van der Waals surface area contributed by atoms with Crippen LogP contribution < -0.4 is 4.74 Å². The number of nitrogens with zero attached hydrogens (tertiary/aromatic N) is 5. The molecule has 0 spiro atoms. The van der Waals surface area contributed by atoms with Gasteiger partial charge >= 0.3 is 0 Å². The summed E-state index contributed by atoms with van der Waals surface area (Å²) in [6.07, 6.45) is 5.94. The van der Waals surface area contributed by atoms with E-state index in [0.29, 0.717) is 18.7 Å². The summed E-state index contributed by atoms with van der Waals surface area (Å²) >= 11 is 0. The van der Waals surface area contributed by atoms with Gasteiger partial charge in [0.15, 0.2) is 5.65 Å². The van der Waals surface area contributed by atoms with E-state index in [4.69, 9.17) is 14.7 Å². The molecule has 7 heteroatoms. The monoisotopic (exact) mass is 391 g/mol. The van der Waals surface area contributed by atoms with Crippen LogP contribution in [0.2, 0.25) is 0 Å². The van der Waals surface area contributed by atoms with Crippen LogP contribution in [0.25, 0.3) is 28.1 Å². The van der Waals surface area contributed by atoms with Crippen LogP contribution >= 0.6 is 0 Å². The molecule has 0 unspecified atom stereocenters. The van der Waals surface area contributed by atoms with Crippen molar-refractivity contribution in [3.05, 3.63) is 54.1 Å². The topological polar surface area (TPSA) is 78.0 Å². The Bertz CT molecular complexity index is 1150. The van der Waals surface area contributed by atoms with Gasteiger partial charge in [0.1, 0.15) is 11.3 Å². The van der Waals surface area contributed by atoms with Gasteiger partial charge in [-0.05, 0) is 44.0 Å². The van der Waals surface area contributed by atoms with E-state index in [9.17, 15) is 5.11 Å². The zero-order chi connectivity index (χ0) is 20.5. The molecule has 7 nitrogen and oxygen atoms in total. The van der Waals surface area contributed by atoms with Crippen LogP contribution in [0.4, 0.5) is 0 Å². The molecule has 0 saturated heterocycles. The predicted molar refractivity (Wildman–Crippen MR) is 112 cm³/mol. The SMILES string of the molecule is CC[C@H](O)Cn1cc(C)c2nc(-c3ccc(-n4cccn4)cc3OC)c(C)nc21. The summed E-state index contributed by atoms with van der Waals surface area (Å²) in [6, 6.07) is 7.81. The quantitative estimate of drug-likeness (QED) is 0.542. The second-order valence-corrected chi connectivity index (χ2v) is 7.19. The van der Waals surface area contributed by atoms with Crippen molar-refractivity contribution in [2.24, 2.45) is 0 Å². The number of aromatic nitrogens is 5. The van der Waals surface area contributed by atoms with Crippen LogP contribution in [-0.2, 0) is 6.54 Å². The first-order chi connectivity index (χ1) is 14.0. The summed E-state index contributed by atoms with van der Waals surface area (Å²) in [5, 5.41) is 14.3. The summed E-state index contributed by atoms with van der Waals surface area (Å²) < 4.78 is 9.44. The van der Waals surface area contributed by atoms with Gasteiger partial charge in [0, 0.05) is 30.2 Å². The Kier molecular flexibility index (Phi) is 5.07. The summed E-state index contributed by atoms with van der Waals surface area (Å²) in [6.45, 7) is 6.45. The maximum atomic E-state index is 10.1. The Hall–Kier alpha value is -3.19. The van der Waals surface area contributed by atoms with Crippen molar-refractivity contribution in [2.75, 3.05) is 7.11 Å². The Morgan fingerprint density at radius 2 is 2.03 bits per heavy atom. The molecule has 0 aliphatic heterocycles. The highest BCUT2D eigenvalue weighted by molar-refractivity contribution is 5.81. The third-order valence-electron chi connectivity index (χ3n) is 5.13. The van der Waals surface area contributed by atoms with E-state index in [0.717, 1.165) is 39.4 Å². The lowest BCUT2D eigenvalue weighted by Crippen LogP contribution is -2.14. The predicted octanol–water partition coefficient (Wildman–Crippen LogP) is 3.68. The highest BCUT2D eigenvalue weighted by Crippen LogP contribution is 2.33. The van der Waals surface area contributed by atoms with Crippen molar-refractivity contribution >= 4 is 11.2 Å². The van der Waals surface area contributed by atoms with Gasteiger partial charge in [-0.2, -0.15) is 5.10 Å². The number of aliphatic hydroxyl groups is 1. The lowest BCUT2D eigenvalue weighted by atomic mass is 10.1. The van der Waals surface area contributed by atoms with Crippen LogP contribution in [0, 0.1) is 13.8 Å². The first-order valence-corrected chi connectivity index (χ1v) is 9.72. The van der Waals surface area contributed by atoms with E-state index in [1.54, 1.807) is 18.0 Å². The number of ether oxygens (including phenoxy) is 1. The van der Waals surface area contributed by atoms with Crippen LogP contribution in [0.3, 0.4) is 0 Å². The van der Waals surface area contributed by atoms with Crippen molar-refractivity contribution in [2.45, 2.75) is 39.8 Å². The zero-order valence-corrected chi connectivity index (χ0v) is 17.1. The number of aliphatic hydroxyl groups excluding tert-OH is 1. The Labute approximate surface area is 169 Å². The molecule has 0 radical (unpaired) electrons. The maximum Gasteiger partial charge on any atom is 0.159 e. The van der Waals surface area contributed by atoms with E-state index < -0.39 is 6.10 Å². The third kappa shape index (κ3) is 3.49. The van der Waals surface area contributed by atoms with Gasteiger partial charge in [-0.3, -0.25) is 0 Å². The van der Waals surface area contributed by atoms with Gasteiger partial charge < -0.3 is 14.4 Å². The van der Waals surface area contributed by atoms with Gasteiger partial charge in [0.2, 0.25) is 0 Å². The van der Waals surface area contributed by atoms with E-state index in [-0.39, 0.29) is 0 Å². The van der Waals surface area contributed by atoms with Gasteiger partial charge in [-0.1, -0.05) is 6.92 Å². The van der Waals surface area contributed by atoms with Gasteiger partial charge in [-0.25, -0.2) is 14.6 Å². The van der Waals surface area contributed by atoms with E-state index in [2.05, 4.69) is 5.10 Å². The van der Waals surface area contributed by atoms with Crippen molar-refractivity contribution in [3.63, 3.8) is 0 Å². The van der Waals surface area contributed by atoms with Crippen LogP contribution in [-0.4, -0.2) is 42.6 Å². The minimum absolute atomic E-state index is 0.401. The van der Waals surface area contributed by atoms with Crippen molar-refractivity contribution in [1.82, 2.24) is 24.3 Å². The maximum absolute atomic E-state index is 10.1. The normalized spacial score (nSPS) is 12.4. The summed E-state index contributed by atoms with van der Waals surface area (Å²) in [7, 11) is 1.65. The average molecular weight is 391 g/mol. The fourth-order valence-corrected chi connectivity index (χ4v) is 3.52. The smallest absolute Gasteiger partial charge is 0.159 e. The lowest BCUT2D eigenvalue weighted by Gasteiger charge is -2.13. The molecule has 4 rings (SSSR count). The first kappa shape index (κ1) is 19.1. The van der Waals surface area contributed by atoms with Gasteiger partial charge in [-0.15, -0.1) is 0 Å². The number of aryl methyl sites for hydroxylation is 2. The van der Waals surface area contributed by atoms with E-state index >= 15 is 0 Å². The molecule has 1 atom stereocenters. The van der Waals surface area contributed by atoms with Gasteiger partial charge in [0.25, 0.3) is 0 Å². The Morgan fingerprint density at radius 3 is 2.72 bits per heavy atom. The largest absolute Gasteiger partial charge is 0.496 e. The Morgan fingerprint density at radius 1 is 1.21 bits per heavy atom. The molecule has 29 heavy (non-hydrogen) atoms. The summed E-state index contributed by atoms with van der Waals surface area (Å²) in [5.41, 5.74) is 6.07. The summed E-state index contributed by atoms with van der Waals surface area (Å²) in [5.74, 6) is 0.716. The molecule has 0 amide bonds. The number of hydrogen-bond acceptors (Lipinski definition) is 5. The molecule has 0 aliphatic carbocycles. The summed E-state index contributed by atoms with van der Waals surface area (Å²) in [4.78, 5) is 9.76. The second-order valence-electron chi connectivity index (χ2n) is 7.19. The molecule has 1 N–H and O–H groups in total. The van der Waals surface area contributed by atoms with Crippen molar-refractivity contribution in [1.29, 1.82) is 0 Å². The van der Waals surface area contributed by atoms with Crippen LogP contribution in [0.15, 0.2) is 42.9 Å². The van der Waals surface area contributed by atoms with E-state index in [1.165, 1.54) is 0 Å². The van der Waals surface area contributed by atoms with E-state index in [1.807, 2.05) is 62.0 Å². The zero-order valence-electron chi connectivity index (χ0n) is 17.1. The molecule has 0 aliphatic rings. The molecule has 0 saturated carbocycles. The molecule has 4 aromatic rings. The standard InChI is InChI=1S/C22H25N5O2/c1-5-17(28)13-26-12-14(2)20-22(26)24-15(3)21(25-20)18-8-7-16(11-19(18)29-4)27-10-6-9-23-27/h6-12,17,28H,5,13H2,1-4H3/t17-/m0/s1. The lowest BCUT2D eigenvalue weighted by molar-refractivity contribution is 0.151. The fourth-order valence-electron chi connectivity index (χ4n) is 3.52. The molecule has 150 valence electrons. The first-order valence-electron chi connectivity index (χ1n) is 9.72. The minimum atomic E-state index is -0.401. The number of methoxy groups -OCH3 is 1. The number of rotatable bonds is 6. The second kappa shape index (κ2) is 7.67. The number of benzene rings is 1. The van der Waals surface area contributed by atoms with Crippen molar-refractivity contribution in [3.8, 4) is 22.7 Å². The molecule has 3 heterocycles. The van der Waals surface area contributed by atoms with Crippen LogP contribution in [0.1, 0.15) is 24.6 Å². The molecular formula is C22H25N5O2. The highest BCUT2D eigenvalue weighted by atomic mass is 16.5. The fraction of sp³-hybridized carbons (Fsp3) is 0.318. The molecule has 0 fully saturated rings. The van der Waals surface area contributed by atoms with Crippen LogP contribution in [0.5, 0.6) is 5.75 Å².